The van der Waals surface area contributed by atoms with Crippen LogP contribution in [0.25, 0.3) is 0 Å². The van der Waals surface area contributed by atoms with Crippen molar-refractivity contribution >= 4 is 40.5 Å². The predicted octanol–water partition coefficient (Wildman–Crippen LogP) is 5.05. The Balaban J connectivity index is 1.88. The molecule has 2 aromatic carbocycles. The third-order valence-corrected chi connectivity index (χ3v) is 4.04. The maximum Gasteiger partial charge on any atom is 0.226 e. The van der Waals surface area contributed by atoms with Gasteiger partial charge in [0.15, 0.2) is 0 Å². The van der Waals surface area contributed by atoms with Gasteiger partial charge in [0, 0.05) is 23.7 Å². The summed E-state index contributed by atoms with van der Waals surface area (Å²) in [5, 5.41) is 7.23. The van der Waals surface area contributed by atoms with Gasteiger partial charge in [0.2, 0.25) is 5.91 Å². The Morgan fingerprint density at radius 1 is 1.09 bits per heavy atom. The van der Waals surface area contributed by atoms with Crippen LogP contribution < -0.4 is 10.6 Å². The normalized spacial score (nSPS) is 10.4. The van der Waals surface area contributed by atoms with Crippen molar-refractivity contribution in [2.24, 2.45) is 0 Å². The van der Waals surface area contributed by atoms with E-state index in [0.717, 1.165) is 22.5 Å². The molecule has 0 aliphatic rings. The summed E-state index contributed by atoms with van der Waals surface area (Å²) >= 11 is 12.0. The Labute approximate surface area is 140 Å². The van der Waals surface area contributed by atoms with Crippen LogP contribution in [-0.2, 0) is 4.79 Å². The van der Waals surface area contributed by atoms with Gasteiger partial charge < -0.3 is 10.6 Å². The molecule has 116 valence electrons. The average Bonchev–Trinajstić information content (AvgIpc) is 2.47. The Hall–Kier alpha value is -1.71. The number of benzene rings is 2. The third-order valence-electron chi connectivity index (χ3n) is 3.47. The summed E-state index contributed by atoms with van der Waals surface area (Å²) < 4.78 is 0. The van der Waals surface area contributed by atoms with Crippen LogP contribution in [0.4, 0.5) is 11.4 Å². The van der Waals surface area contributed by atoms with Crippen LogP contribution >= 0.6 is 23.2 Å². The van der Waals surface area contributed by atoms with Gasteiger partial charge in [-0.25, -0.2) is 0 Å². The third kappa shape index (κ3) is 4.39. The van der Waals surface area contributed by atoms with Crippen LogP contribution in [0.1, 0.15) is 17.5 Å². The fourth-order valence-electron chi connectivity index (χ4n) is 2.04. The van der Waals surface area contributed by atoms with Crippen LogP contribution in [-0.4, -0.2) is 12.5 Å². The summed E-state index contributed by atoms with van der Waals surface area (Å²) in [6.07, 6.45) is 0.343. The molecule has 0 aliphatic heterocycles. The zero-order chi connectivity index (χ0) is 16.1. The van der Waals surface area contributed by atoms with E-state index >= 15 is 0 Å². The lowest BCUT2D eigenvalue weighted by Crippen LogP contribution is -2.17. The predicted molar refractivity (Wildman–Crippen MR) is 94.1 cm³/mol. The molecule has 2 N–H and O–H groups in total. The first-order valence-corrected chi connectivity index (χ1v) is 7.78. The molecular weight excluding hydrogens is 319 g/mol. The molecule has 2 aromatic rings. The average molecular weight is 337 g/mol. The van der Waals surface area contributed by atoms with E-state index in [4.69, 9.17) is 23.2 Å². The minimum absolute atomic E-state index is 0.0423. The van der Waals surface area contributed by atoms with Crippen LogP contribution in [0, 0.1) is 13.8 Å². The second-order valence-electron chi connectivity index (χ2n) is 5.10. The number of nitrogens with one attached hydrogen (secondary N) is 2. The highest BCUT2D eigenvalue weighted by Gasteiger charge is 2.07. The molecule has 0 saturated carbocycles. The fourth-order valence-corrected chi connectivity index (χ4v) is 2.40. The van der Waals surface area contributed by atoms with Gasteiger partial charge in [-0.1, -0.05) is 35.3 Å². The highest BCUT2D eigenvalue weighted by Crippen LogP contribution is 2.25. The van der Waals surface area contributed by atoms with Gasteiger partial charge in [0.1, 0.15) is 0 Å². The minimum atomic E-state index is -0.0423. The maximum absolute atomic E-state index is 12.0. The van der Waals surface area contributed by atoms with E-state index in [9.17, 15) is 4.79 Å². The van der Waals surface area contributed by atoms with Crippen molar-refractivity contribution < 1.29 is 4.79 Å². The number of hydrogen-bond acceptors (Lipinski definition) is 2. The van der Waals surface area contributed by atoms with E-state index in [2.05, 4.69) is 10.6 Å². The van der Waals surface area contributed by atoms with E-state index < -0.39 is 0 Å². The molecule has 0 spiro atoms. The molecule has 5 heteroatoms. The zero-order valence-electron chi connectivity index (χ0n) is 12.5. The molecule has 22 heavy (non-hydrogen) atoms. The van der Waals surface area contributed by atoms with Gasteiger partial charge in [-0.05, 0) is 49.2 Å². The quantitative estimate of drug-likeness (QED) is 0.801. The molecule has 0 saturated heterocycles. The van der Waals surface area contributed by atoms with Crippen molar-refractivity contribution in [3.8, 4) is 0 Å². The highest BCUT2D eigenvalue weighted by molar-refractivity contribution is 6.35. The summed E-state index contributed by atoms with van der Waals surface area (Å²) in [7, 11) is 0. The van der Waals surface area contributed by atoms with Gasteiger partial charge >= 0.3 is 0 Å². The molecule has 0 unspecified atom stereocenters. The van der Waals surface area contributed by atoms with E-state index in [-0.39, 0.29) is 5.91 Å². The standard InChI is InChI=1S/C17H18Cl2N2O/c1-11-4-3-5-15(12(11)2)21-17(22)8-9-20-16-10-13(18)6-7-14(16)19/h3-7,10,20H,8-9H2,1-2H3,(H,21,22). The number of halogens is 2. The van der Waals surface area contributed by atoms with Crippen molar-refractivity contribution in [3.63, 3.8) is 0 Å². The first-order chi connectivity index (χ1) is 10.5. The number of amides is 1. The van der Waals surface area contributed by atoms with Crippen LogP contribution in [0.5, 0.6) is 0 Å². The lowest BCUT2D eigenvalue weighted by Gasteiger charge is -2.11. The number of aryl methyl sites for hydroxylation is 1. The zero-order valence-corrected chi connectivity index (χ0v) is 14.1. The minimum Gasteiger partial charge on any atom is -0.383 e. The first kappa shape index (κ1) is 16.7. The molecule has 0 aromatic heterocycles. The Bertz CT molecular complexity index is 686. The van der Waals surface area contributed by atoms with Crippen molar-refractivity contribution in [2.45, 2.75) is 20.3 Å². The van der Waals surface area contributed by atoms with Gasteiger partial charge in [-0.3, -0.25) is 4.79 Å². The lowest BCUT2D eigenvalue weighted by molar-refractivity contribution is -0.115. The van der Waals surface area contributed by atoms with Crippen LogP contribution in [0.15, 0.2) is 36.4 Å². The van der Waals surface area contributed by atoms with Crippen molar-refractivity contribution in [1.29, 1.82) is 0 Å². The van der Waals surface area contributed by atoms with E-state index in [1.165, 1.54) is 0 Å². The van der Waals surface area contributed by atoms with Gasteiger partial charge in [0.25, 0.3) is 0 Å². The molecular formula is C17H18Cl2N2O. The molecule has 0 fully saturated rings. The summed E-state index contributed by atoms with van der Waals surface area (Å²) in [5.74, 6) is -0.0423. The summed E-state index contributed by atoms with van der Waals surface area (Å²) in [6, 6.07) is 11.0. The number of carbonyl (C=O) groups excluding carboxylic acids is 1. The van der Waals surface area contributed by atoms with E-state index in [1.807, 2.05) is 32.0 Å². The summed E-state index contributed by atoms with van der Waals surface area (Å²) in [5.41, 5.74) is 3.82. The van der Waals surface area contributed by atoms with E-state index in [1.54, 1.807) is 18.2 Å². The van der Waals surface area contributed by atoms with Crippen molar-refractivity contribution in [2.75, 3.05) is 17.2 Å². The van der Waals surface area contributed by atoms with Crippen molar-refractivity contribution in [3.05, 3.63) is 57.6 Å². The largest absolute Gasteiger partial charge is 0.383 e. The van der Waals surface area contributed by atoms with Crippen LogP contribution in [0.2, 0.25) is 10.0 Å². The van der Waals surface area contributed by atoms with Gasteiger partial charge in [-0.15, -0.1) is 0 Å². The fraction of sp³-hybridized carbons (Fsp3) is 0.235. The molecule has 3 nitrogen and oxygen atoms in total. The Kier molecular flexibility index (Phi) is 5.69. The molecule has 0 atom stereocenters. The number of carbonyl (C=O) groups is 1. The van der Waals surface area contributed by atoms with Crippen LogP contribution in [0.3, 0.4) is 0 Å². The molecule has 0 bridgehead atoms. The summed E-state index contributed by atoms with van der Waals surface area (Å²) in [4.78, 5) is 12.0. The number of hydrogen-bond donors (Lipinski definition) is 2. The Morgan fingerprint density at radius 2 is 1.86 bits per heavy atom. The first-order valence-electron chi connectivity index (χ1n) is 7.02. The lowest BCUT2D eigenvalue weighted by atomic mass is 10.1. The molecule has 0 heterocycles. The van der Waals surface area contributed by atoms with Crippen molar-refractivity contribution in [1.82, 2.24) is 0 Å². The highest BCUT2D eigenvalue weighted by atomic mass is 35.5. The number of rotatable bonds is 5. The second-order valence-corrected chi connectivity index (χ2v) is 5.94. The summed E-state index contributed by atoms with van der Waals surface area (Å²) in [6.45, 7) is 4.50. The maximum atomic E-state index is 12.0. The van der Waals surface area contributed by atoms with E-state index in [0.29, 0.717) is 23.0 Å². The van der Waals surface area contributed by atoms with Gasteiger partial charge in [0.05, 0.1) is 10.7 Å². The molecule has 0 radical (unpaired) electrons. The second kappa shape index (κ2) is 7.52. The Morgan fingerprint density at radius 3 is 2.64 bits per heavy atom. The number of anilines is 2. The monoisotopic (exact) mass is 336 g/mol. The SMILES string of the molecule is Cc1cccc(NC(=O)CCNc2cc(Cl)ccc2Cl)c1C. The van der Waals surface area contributed by atoms with Gasteiger partial charge in [-0.2, -0.15) is 0 Å². The topological polar surface area (TPSA) is 41.1 Å². The molecule has 2 rings (SSSR count). The smallest absolute Gasteiger partial charge is 0.226 e. The molecule has 1 amide bonds. The molecule has 0 aliphatic carbocycles.